The molecule has 1 N–H and O–H groups in total. The summed E-state index contributed by atoms with van der Waals surface area (Å²) in [5.74, 6) is -0.492. The number of amides is 1. The van der Waals surface area contributed by atoms with Crippen molar-refractivity contribution in [3.63, 3.8) is 0 Å². The molecule has 9 nitrogen and oxygen atoms in total. The number of carbonyl (C=O) groups is 2. The Kier molecular flexibility index (Phi) is 7.48. The fraction of sp³-hybridized carbons (Fsp3) is 0.292. The van der Waals surface area contributed by atoms with Crippen LogP contribution in [0.1, 0.15) is 23.2 Å². The average molecular weight is 516 g/mol. The molecule has 1 aromatic heterocycles. The van der Waals surface area contributed by atoms with Crippen molar-refractivity contribution in [2.24, 2.45) is 5.92 Å². The quantitative estimate of drug-likeness (QED) is 0.478. The van der Waals surface area contributed by atoms with E-state index in [1.165, 1.54) is 34.9 Å². The van der Waals surface area contributed by atoms with Gasteiger partial charge < -0.3 is 14.8 Å². The highest BCUT2D eigenvalue weighted by Crippen LogP contribution is 2.29. The summed E-state index contributed by atoms with van der Waals surface area (Å²) in [6.07, 6.45) is 0.727. The van der Waals surface area contributed by atoms with Gasteiger partial charge in [0.2, 0.25) is 15.9 Å². The third-order valence-corrected chi connectivity index (χ3v) is 8.57. The summed E-state index contributed by atoms with van der Waals surface area (Å²) >= 11 is 1.33. The zero-order valence-electron chi connectivity index (χ0n) is 19.3. The summed E-state index contributed by atoms with van der Waals surface area (Å²) in [5.41, 5.74) is 1.65. The van der Waals surface area contributed by atoms with Crippen LogP contribution in [0.4, 0.5) is 5.13 Å². The Morgan fingerprint density at radius 3 is 2.40 bits per heavy atom. The van der Waals surface area contributed by atoms with Crippen molar-refractivity contribution in [2.45, 2.75) is 17.7 Å². The number of nitrogens with zero attached hydrogens (tertiary/aromatic N) is 2. The Morgan fingerprint density at radius 1 is 1.06 bits per heavy atom. The Labute approximate surface area is 207 Å². The molecular formula is C24H25N3O6S2. The van der Waals surface area contributed by atoms with E-state index < -0.39 is 16.0 Å². The third kappa shape index (κ3) is 5.37. The van der Waals surface area contributed by atoms with E-state index >= 15 is 0 Å². The number of thiazole rings is 1. The molecule has 1 amide bonds. The van der Waals surface area contributed by atoms with Crippen LogP contribution in [-0.4, -0.2) is 56.9 Å². The second-order valence-electron chi connectivity index (χ2n) is 7.92. The van der Waals surface area contributed by atoms with Crippen LogP contribution >= 0.6 is 11.3 Å². The average Bonchev–Trinajstić information content (AvgIpc) is 3.36. The minimum absolute atomic E-state index is 0.00806. The number of aromatic nitrogens is 1. The van der Waals surface area contributed by atoms with Crippen molar-refractivity contribution >= 4 is 38.4 Å². The van der Waals surface area contributed by atoms with E-state index in [4.69, 9.17) is 9.47 Å². The lowest BCUT2D eigenvalue weighted by Gasteiger charge is -2.30. The molecule has 35 heavy (non-hydrogen) atoms. The standard InChI is InChI=1S/C24H25N3O6S2/c1-32-18-9-7-16(8-10-18)20-15-34-24(25-20)26-22(28)17-11-13-27(14-12-17)35(30,31)21-6-4-3-5-19(21)23(29)33-2/h3-10,15,17H,11-14H2,1-2H3,(H,25,26,28). The molecule has 0 aliphatic carbocycles. The highest BCUT2D eigenvalue weighted by molar-refractivity contribution is 7.89. The van der Waals surface area contributed by atoms with Crippen molar-refractivity contribution in [3.05, 3.63) is 59.5 Å². The smallest absolute Gasteiger partial charge is 0.339 e. The molecule has 0 saturated carbocycles. The maximum absolute atomic E-state index is 13.2. The topological polar surface area (TPSA) is 115 Å². The van der Waals surface area contributed by atoms with Crippen LogP contribution in [0.15, 0.2) is 58.8 Å². The summed E-state index contributed by atoms with van der Waals surface area (Å²) < 4.78 is 37.5. The third-order valence-electron chi connectivity index (χ3n) is 5.86. The first kappa shape index (κ1) is 24.8. The largest absolute Gasteiger partial charge is 0.497 e. The Balaban J connectivity index is 1.38. The van der Waals surface area contributed by atoms with Gasteiger partial charge in [0.15, 0.2) is 5.13 Å². The predicted molar refractivity (Wildman–Crippen MR) is 132 cm³/mol. The molecule has 0 bridgehead atoms. The van der Waals surface area contributed by atoms with Crippen molar-refractivity contribution in [3.8, 4) is 17.0 Å². The van der Waals surface area contributed by atoms with Gasteiger partial charge in [-0.1, -0.05) is 12.1 Å². The number of nitrogens with one attached hydrogen (secondary N) is 1. The van der Waals surface area contributed by atoms with Gasteiger partial charge in [-0.25, -0.2) is 18.2 Å². The number of rotatable bonds is 7. The molecule has 1 aliphatic rings. The fourth-order valence-corrected chi connectivity index (χ4v) is 6.27. The zero-order valence-corrected chi connectivity index (χ0v) is 20.9. The number of esters is 1. The van der Waals surface area contributed by atoms with Gasteiger partial charge in [0.05, 0.1) is 30.4 Å². The molecular weight excluding hydrogens is 490 g/mol. The molecule has 0 radical (unpaired) electrons. The Bertz CT molecular complexity index is 1310. The van der Waals surface area contributed by atoms with Crippen molar-refractivity contribution in [1.29, 1.82) is 0 Å². The number of methoxy groups -OCH3 is 2. The Hall–Kier alpha value is -3.28. The second kappa shape index (κ2) is 10.5. The highest BCUT2D eigenvalue weighted by atomic mass is 32.2. The molecule has 2 heterocycles. The second-order valence-corrected chi connectivity index (χ2v) is 10.7. The maximum atomic E-state index is 13.2. The van der Waals surface area contributed by atoms with E-state index in [9.17, 15) is 18.0 Å². The molecule has 184 valence electrons. The van der Waals surface area contributed by atoms with E-state index in [2.05, 4.69) is 10.3 Å². The van der Waals surface area contributed by atoms with E-state index in [1.807, 2.05) is 29.6 Å². The van der Waals surface area contributed by atoms with Crippen molar-refractivity contribution in [2.75, 3.05) is 32.6 Å². The summed E-state index contributed by atoms with van der Waals surface area (Å²) in [4.78, 5) is 29.2. The van der Waals surface area contributed by atoms with E-state index in [1.54, 1.807) is 19.2 Å². The lowest BCUT2D eigenvalue weighted by molar-refractivity contribution is -0.120. The normalized spacial score (nSPS) is 14.9. The van der Waals surface area contributed by atoms with Gasteiger partial charge >= 0.3 is 5.97 Å². The lowest BCUT2D eigenvalue weighted by Crippen LogP contribution is -2.41. The number of sulfonamides is 1. The van der Waals surface area contributed by atoms with Crippen LogP contribution in [0.3, 0.4) is 0 Å². The molecule has 0 unspecified atom stereocenters. The molecule has 3 aromatic rings. The summed E-state index contributed by atoms with van der Waals surface area (Å²) in [6, 6.07) is 13.4. The number of hydrogen-bond donors (Lipinski definition) is 1. The van der Waals surface area contributed by atoms with Gasteiger partial charge in [-0.15, -0.1) is 11.3 Å². The molecule has 0 spiro atoms. The molecule has 1 saturated heterocycles. The molecule has 1 aliphatic heterocycles. The van der Waals surface area contributed by atoms with Gasteiger partial charge in [-0.05, 0) is 49.2 Å². The van der Waals surface area contributed by atoms with Crippen LogP contribution in [0, 0.1) is 5.92 Å². The van der Waals surface area contributed by atoms with E-state index in [-0.39, 0.29) is 35.4 Å². The summed E-state index contributed by atoms with van der Waals surface area (Å²) in [5, 5.41) is 5.21. The molecule has 0 atom stereocenters. The predicted octanol–water partition coefficient (Wildman–Crippen LogP) is 3.64. The van der Waals surface area contributed by atoms with Gasteiger partial charge in [-0.2, -0.15) is 4.31 Å². The van der Waals surface area contributed by atoms with Crippen LogP contribution < -0.4 is 10.1 Å². The number of piperidine rings is 1. The fourth-order valence-electron chi connectivity index (χ4n) is 3.90. The van der Waals surface area contributed by atoms with Crippen molar-refractivity contribution in [1.82, 2.24) is 9.29 Å². The first-order chi connectivity index (χ1) is 16.8. The van der Waals surface area contributed by atoms with Gasteiger partial charge in [0, 0.05) is 30.0 Å². The van der Waals surface area contributed by atoms with Crippen LogP contribution in [0.5, 0.6) is 5.75 Å². The van der Waals surface area contributed by atoms with Crippen LogP contribution in [0.2, 0.25) is 0 Å². The zero-order chi connectivity index (χ0) is 25.0. The van der Waals surface area contributed by atoms with Gasteiger partial charge in [0.1, 0.15) is 5.75 Å². The SMILES string of the molecule is COC(=O)c1ccccc1S(=O)(=O)N1CCC(C(=O)Nc2nc(-c3ccc(OC)cc3)cs2)CC1. The number of ether oxygens (including phenoxy) is 2. The molecule has 4 rings (SSSR count). The summed E-state index contributed by atoms with van der Waals surface area (Å²) in [6.45, 7) is 0.343. The molecule has 2 aromatic carbocycles. The first-order valence-corrected chi connectivity index (χ1v) is 13.2. The van der Waals surface area contributed by atoms with Crippen LogP contribution in [-0.2, 0) is 19.6 Å². The van der Waals surface area contributed by atoms with Gasteiger partial charge in [0.25, 0.3) is 0 Å². The van der Waals surface area contributed by atoms with Gasteiger partial charge in [-0.3, -0.25) is 4.79 Å². The lowest BCUT2D eigenvalue weighted by atomic mass is 9.97. The summed E-state index contributed by atoms with van der Waals surface area (Å²) in [7, 11) is -1.10. The number of carbonyl (C=O) groups excluding carboxylic acids is 2. The Morgan fingerprint density at radius 2 is 1.74 bits per heavy atom. The first-order valence-electron chi connectivity index (χ1n) is 10.9. The highest BCUT2D eigenvalue weighted by Gasteiger charge is 2.34. The van der Waals surface area contributed by atoms with Crippen molar-refractivity contribution < 1.29 is 27.5 Å². The molecule has 1 fully saturated rings. The number of benzene rings is 2. The minimum Gasteiger partial charge on any atom is -0.497 e. The minimum atomic E-state index is -3.91. The van der Waals surface area contributed by atoms with E-state index in [0.29, 0.717) is 18.0 Å². The maximum Gasteiger partial charge on any atom is 0.339 e. The number of anilines is 1. The monoisotopic (exact) mass is 515 g/mol. The number of hydrogen-bond acceptors (Lipinski definition) is 8. The van der Waals surface area contributed by atoms with Crippen LogP contribution in [0.25, 0.3) is 11.3 Å². The molecule has 11 heteroatoms. The van der Waals surface area contributed by atoms with E-state index in [0.717, 1.165) is 17.0 Å².